The van der Waals surface area contributed by atoms with E-state index in [-0.39, 0.29) is 18.3 Å². The molecule has 0 aliphatic carbocycles. The van der Waals surface area contributed by atoms with Crippen molar-refractivity contribution in [3.05, 3.63) is 42.0 Å². The van der Waals surface area contributed by atoms with Crippen molar-refractivity contribution in [2.24, 2.45) is 5.92 Å². The number of anilines is 2. The van der Waals surface area contributed by atoms with Crippen LogP contribution in [0.1, 0.15) is 24.2 Å². The van der Waals surface area contributed by atoms with Crippen molar-refractivity contribution in [2.45, 2.75) is 13.8 Å². The Hall–Kier alpha value is -2.60. The van der Waals surface area contributed by atoms with Gasteiger partial charge in [-0.2, -0.15) is 0 Å². The second kappa shape index (κ2) is 9.77. The normalized spacial score (nSPS) is 10.0. The summed E-state index contributed by atoms with van der Waals surface area (Å²) in [6, 6.07) is 10.2. The first-order valence-electron chi connectivity index (χ1n) is 8.00. The van der Waals surface area contributed by atoms with Gasteiger partial charge in [-0.25, -0.2) is 0 Å². The number of methoxy groups -OCH3 is 2. The predicted molar refractivity (Wildman–Crippen MR) is 106 cm³/mol. The van der Waals surface area contributed by atoms with Gasteiger partial charge in [-0.1, -0.05) is 13.8 Å². The summed E-state index contributed by atoms with van der Waals surface area (Å²) in [6.45, 7) is 4.71. The Morgan fingerprint density at radius 3 is 2.27 bits per heavy atom. The highest BCUT2D eigenvalue weighted by Crippen LogP contribution is 2.29. The Balaban J connectivity index is 0.00000338. The molecule has 0 saturated carbocycles. The summed E-state index contributed by atoms with van der Waals surface area (Å²) in [5, 5.41) is 2.80. The number of nitrogen functional groups attached to an aromatic ring is 1. The number of halogens is 1. The standard InChI is InChI=1S/C19H24N2O4.ClH/c1-12(2)11-25-17-7-5-13(9-18(17)24-4)19(22)21-14-6-8-16(23-3)15(20)10-14;/h5-10,12H,11,20H2,1-4H3,(H,21,22);1H. The minimum absolute atomic E-state index is 0. The van der Waals surface area contributed by atoms with Crippen LogP contribution in [-0.2, 0) is 0 Å². The zero-order chi connectivity index (χ0) is 18.4. The van der Waals surface area contributed by atoms with Crippen LogP contribution in [0.4, 0.5) is 11.4 Å². The summed E-state index contributed by atoms with van der Waals surface area (Å²) < 4.78 is 16.1. The van der Waals surface area contributed by atoms with Gasteiger partial charge in [0.1, 0.15) is 5.75 Å². The van der Waals surface area contributed by atoms with Crippen LogP contribution >= 0.6 is 12.4 Å². The number of nitrogens with one attached hydrogen (secondary N) is 1. The molecule has 0 radical (unpaired) electrons. The lowest BCUT2D eigenvalue weighted by atomic mass is 10.1. The SMILES string of the molecule is COc1ccc(NC(=O)c2ccc(OCC(C)C)c(OC)c2)cc1N.Cl. The Morgan fingerprint density at radius 2 is 1.69 bits per heavy atom. The maximum absolute atomic E-state index is 12.4. The fraction of sp³-hybridized carbons (Fsp3) is 0.316. The number of ether oxygens (including phenoxy) is 3. The molecule has 0 spiro atoms. The molecule has 7 heteroatoms. The maximum atomic E-state index is 12.4. The highest BCUT2D eigenvalue weighted by molar-refractivity contribution is 6.05. The highest BCUT2D eigenvalue weighted by atomic mass is 35.5. The van der Waals surface area contributed by atoms with Crippen LogP contribution in [0.2, 0.25) is 0 Å². The molecule has 26 heavy (non-hydrogen) atoms. The number of rotatable bonds is 7. The van der Waals surface area contributed by atoms with Crippen molar-refractivity contribution in [3.8, 4) is 17.2 Å². The fourth-order valence-corrected chi connectivity index (χ4v) is 2.20. The van der Waals surface area contributed by atoms with Gasteiger partial charge in [0.15, 0.2) is 11.5 Å². The second-order valence-electron chi connectivity index (χ2n) is 5.98. The average molecular weight is 381 g/mol. The molecule has 3 N–H and O–H groups in total. The molecule has 0 unspecified atom stereocenters. The Labute approximate surface area is 160 Å². The molecule has 142 valence electrons. The predicted octanol–water partition coefficient (Wildman–Crippen LogP) is 3.99. The molecule has 1 amide bonds. The highest BCUT2D eigenvalue weighted by Gasteiger charge is 2.12. The lowest BCUT2D eigenvalue weighted by Crippen LogP contribution is -2.13. The van der Waals surface area contributed by atoms with Gasteiger partial charge in [0.05, 0.1) is 26.5 Å². The first-order valence-corrected chi connectivity index (χ1v) is 8.00. The summed E-state index contributed by atoms with van der Waals surface area (Å²) in [4.78, 5) is 12.4. The number of carbonyl (C=O) groups is 1. The third kappa shape index (κ3) is 5.46. The Morgan fingerprint density at radius 1 is 1.04 bits per heavy atom. The molecule has 0 fully saturated rings. The van der Waals surface area contributed by atoms with E-state index in [1.165, 1.54) is 0 Å². The van der Waals surface area contributed by atoms with Crippen molar-refractivity contribution in [3.63, 3.8) is 0 Å². The molecule has 0 atom stereocenters. The molecule has 2 rings (SSSR count). The van der Waals surface area contributed by atoms with E-state index in [1.54, 1.807) is 50.6 Å². The molecule has 0 aromatic heterocycles. The molecular weight excluding hydrogens is 356 g/mol. The van der Waals surface area contributed by atoms with Gasteiger partial charge >= 0.3 is 0 Å². The van der Waals surface area contributed by atoms with Crippen LogP contribution in [0.3, 0.4) is 0 Å². The number of amides is 1. The summed E-state index contributed by atoms with van der Waals surface area (Å²) in [7, 11) is 3.09. The zero-order valence-corrected chi connectivity index (χ0v) is 16.2. The van der Waals surface area contributed by atoms with Crippen molar-refractivity contribution in [2.75, 3.05) is 31.9 Å². The van der Waals surface area contributed by atoms with Gasteiger partial charge in [-0.05, 0) is 42.3 Å². The maximum Gasteiger partial charge on any atom is 0.255 e. The quantitative estimate of drug-likeness (QED) is 0.709. The molecule has 0 bridgehead atoms. The van der Waals surface area contributed by atoms with Crippen LogP contribution in [0.15, 0.2) is 36.4 Å². The van der Waals surface area contributed by atoms with E-state index < -0.39 is 0 Å². The van der Waals surface area contributed by atoms with Crippen LogP contribution in [-0.4, -0.2) is 26.7 Å². The van der Waals surface area contributed by atoms with Crippen LogP contribution in [0.5, 0.6) is 17.2 Å². The van der Waals surface area contributed by atoms with Gasteiger partial charge < -0.3 is 25.3 Å². The largest absolute Gasteiger partial charge is 0.495 e. The third-order valence-electron chi connectivity index (χ3n) is 3.49. The van der Waals surface area contributed by atoms with Gasteiger partial charge in [-0.15, -0.1) is 12.4 Å². The Kier molecular flexibility index (Phi) is 8.06. The zero-order valence-electron chi connectivity index (χ0n) is 15.4. The van der Waals surface area contributed by atoms with Crippen molar-refractivity contribution in [1.82, 2.24) is 0 Å². The molecule has 6 nitrogen and oxygen atoms in total. The lowest BCUT2D eigenvalue weighted by Gasteiger charge is -2.14. The smallest absolute Gasteiger partial charge is 0.255 e. The first-order chi connectivity index (χ1) is 11.9. The van der Waals surface area contributed by atoms with Crippen LogP contribution in [0, 0.1) is 5.92 Å². The fourth-order valence-electron chi connectivity index (χ4n) is 2.20. The van der Waals surface area contributed by atoms with Crippen molar-refractivity contribution >= 4 is 29.7 Å². The summed E-state index contributed by atoms with van der Waals surface area (Å²) in [6.07, 6.45) is 0. The molecular formula is C19H25ClN2O4. The Bertz CT molecular complexity index is 750. The number of hydrogen-bond donors (Lipinski definition) is 2. The van der Waals surface area contributed by atoms with Crippen molar-refractivity contribution in [1.29, 1.82) is 0 Å². The summed E-state index contributed by atoms with van der Waals surface area (Å²) in [5.74, 6) is 1.82. The lowest BCUT2D eigenvalue weighted by molar-refractivity contribution is 0.102. The van der Waals surface area contributed by atoms with Crippen LogP contribution in [0.25, 0.3) is 0 Å². The molecule has 2 aromatic carbocycles. The first kappa shape index (κ1) is 21.4. The number of nitrogens with two attached hydrogens (primary N) is 1. The van der Waals surface area contributed by atoms with Crippen molar-refractivity contribution < 1.29 is 19.0 Å². The van der Waals surface area contributed by atoms with E-state index in [0.717, 1.165) is 0 Å². The monoisotopic (exact) mass is 380 g/mol. The molecule has 0 aliphatic rings. The summed E-state index contributed by atoms with van der Waals surface area (Å²) in [5.41, 5.74) is 7.36. The van der Waals surface area contributed by atoms with Crippen LogP contribution < -0.4 is 25.3 Å². The van der Waals surface area contributed by atoms with Gasteiger partial charge in [0, 0.05) is 11.3 Å². The van der Waals surface area contributed by atoms with E-state index in [2.05, 4.69) is 19.2 Å². The second-order valence-corrected chi connectivity index (χ2v) is 5.98. The van der Waals surface area contributed by atoms with E-state index in [4.69, 9.17) is 19.9 Å². The number of hydrogen-bond acceptors (Lipinski definition) is 5. The number of benzene rings is 2. The summed E-state index contributed by atoms with van der Waals surface area (Å²) >= 11 is 0. The molecule has 0 saturated heterocycles. The van der Waals surface area contributed by atoms with E-state index in [9.17, 15) is 4.79 Å². The third-order valence-corrected chi connectivity index (χ3v) is 3.49. The van der Waals surface area contributed by atoms with E-state index in [0.29, 0.717) is 46.7 Å². The molecule has 0 aliphatic heterocycles. The van der Waals surface area contributed by atoms with E-state index in [1.807, 2.05) is 0 Å². The minimum Gasteiger partial charge on any atom is -0.495 e. The molecule has 0 heterocycles. The van der Waals surface area contributed by atoms with E-state index >= 15 is 0 Å². The minimum atomic E-state index is -0.265. The van der Waals surface area contributed by atoms with Gasteiger partial charge in [0.2, 0.25) is 0 Å². The van der Waals surface area contributed by atoms with Gasteiger partial charge in [-0.3, -0.25) is 4.79 Å². The number of carbonyl (C=O) groups excluding carboxylic acids is 1. The average Bonchev–Trinajstić information content (AvgIpc) is 2.59. The topological polar surface area (TPSA) is 82.8 Å². The molecule has 2 aromatic rings. The van der Waals surface area contributed by atoms with Gasteiger partial charge in [0.25, 0.3) is 5.91 Å².